The fourth-order valence-electron chi connectivity index (χ4n) is 4.74. The Labute approximate surface area is 180 Å². The Morgan fingerprint density at radius 3 is 2.81 bits per heavy atom. The van der Waals surface area contributed by atoms with Gasteiger partial charge in [-0.05, 0) is 54.3 Å². The molecule has 0 spiro atoms. The standard InChI is InChI=1S/C24H22N6O/c31-24-27-11-13-29(24)16-6-7-18-17(8-10-26-21(18)14-16)19-15-22(20-4-1-2-9-25-20)28-30-12-3-5-23(19)30/h1-2,4,6-10,14H,3,5,11-13,15H2,(H,27,31). The van der Waals surface area contributed by atoms with Gasteiger partial charge in [0.05, 0.1) is 16.9 Å². The lowest BCUT2D eigenvalue weighted by Gasteiger charge is -2.26. The number of nitrogens with zero attached hydrogens (tertiary/aromatic N) is 5. The summed E-state index contributed by atoms with van der Waals surface area (Å²) in [5.41, 5.74) is 7.49. The molecule has 0 aliphatic carbocycles. The van der Waals surface area contributed by atoms with Crippen molar-refractivity contribution in [2.45, 2.75) is 19.3 Å². The molecule has 5 heterocycles. The molecule has 3 aliphatic heterocycles. The number of hydrazone groups is 1. The van der Waals surface area contributed by atoms with Crippen LogP contribution in [0.1, 0.15) is 30.5 Å². The average Bonchev–Trinajstić information content (AvgIpc) is 3.47. The Morgan fingerprint density at radius 1 is 1.00 bits per heavy atom. The van der Waals surface area contributed by atoms with E-state index in [0.717, 1.165) is 53.8 Å². The predicted octanol–water partition coefficient (Wildman–Crippen LogP) is 3.77. The number of fused-ring (bicyclic) bond motifs is 2. The molecule has 1 N–H and O–H groups in total. The van der Waals surface area contributed by atoms with Crippen molar-refractivity contribution in [1.29, 1.82) is 0 Å². The molecule has 2 saturated heterocycles. The topological polar surface area (TPSA) is 73.7 Å². The van der Waals surface area contributed by atoms with E-state index >= 15 is 0 Å². The van der Waals surface area contributed by atoms with Gasteiger partial charge in [-0.15, -0.1) is 0 Å². The summed E-state index contributed by atoms with van der Waals surface area (Å²) in [4.78, 5) is 23.0. The summed E-state index contributed by atoms with van der Waals surface area (Å²) in [5.74, 6) is 0. The Kier molecular flexibility index (Phi) is 4.19. The molecule has 3 aromatic rings. The van der Waals surface area contributed by atoms with E-state index in [1.807, 2.05) is 42.7 Å². The van der Waals surface area contributed by atoms with Crippen molar-refractivity contribution in [3.8, 4) is 0 Å². The molecular formula is C24H22N6O. The first-order valence-corrected chi connectivity index (χ1v) is 10.7. The smallest absolute Gasteiger partial charge is 0.321 e. The number of aromatic nitrogens is 2. The Morgan fingerprint density at radius 2 is 1.97 bits per heavy atom. The number of pyridine rings is 2. The molecule has 0 radical (unpaired) electrons. The zero-order valence-electron chi connectivity index (χ0n) is 17.1. The van der Waals surface area contributed by atoms with Crippen LogP contribution in [0.3, 0.4) is 0 Å². The fraction of sp³-hybridized carbons (Fsp3) is 0.250. The van der Waals surface area contributed by atoms with Gasteiger partial charge in [-0.25, -0.2) is 4.79 Å². The maximum Gasteiger partial charge on any atom is 0.321 e. The number of anilines is 1. The van der Waals surface area contributed by atoms with Crippen LogP contribution in [-0.4, -0.2) is 46.4 Å². The van der Waals surface area contributed by atoms with Crippen molar-refractivity contribution in [3.63, 3.8) is 0 Å². The average molecular weight is 410 g/mol. The van der Waals surface area contributed by atoms with Crippen LogP contribution >= 0.6 is 0 Å². The van der Waals surface area contributed by atoms with Crippen LogP contribution in [0.25, 0.3) is 16.5 Å². The molecule has 7 heteroatoms. The molecule has 1 aromatic carbocycles. The number of benzene rings is 1. The molecule has 3 aliphatic rings. The lowest BCUT2D eigenvalue weighted by atomic mass is 9.92. The molecule has 31 heavy (non-hydrogen) atoms. The lowest BCUT2D eigenvalue weighted by molar-refractivity contribution is 0.252. The first-order valence-electron chi connectivity index (χ1n) is 10.7. The molecule has 2 aromatic heterocycles. The van der Waals surface area contributed by atoms with Crippen molar-refractivity contribution in [1.82, 2.24) is 20.3 Å². The highest BCUT2D eigenvalue weighted by Gasteiger charge is 2.29. The summed E-state index contributed by atoms with van der Waals surface area (Å²) >= 11 is 0. The second-order valence-corrected chi connectivity index (χ2v) is 8.03. The van der Waals surface area contributed by atoms with Gasteiger partial charge in [0.1, 0.15) is 0 Å². The third-order valence-electron chi connectivity index (χ3n) is 6.21. The Bertz CT molecular complexity index is 1250. The summed E-state index contributed by atoms with van der Waals surface area (Å²) in [7, 11) is 0. The number of amides is 2. The number of urea groups is 1. The first-order chi connectivity index (χ1) is 15.3. The molecule has 0 unspecified atom stereocenters. The van der Waals surface area contributed by atoms with E-state index in [-0.39, 0.29) is 6.03 Å². The normalized spacial score (nSPS) is 18.5. The number of carbonyl (C=O) groups is 1. The second kappa shape index (κ2) is 7.19. The SMILES string of the molecule is O=C1NCCN1c1ccc2c(C3=C4CCCN4N=C(c4ccccn4)C3)ccnc2c1. The Hall–Kier alpha value is -3.74. The van der Waals surface area contributed by atoms with E-state index in [9.17, 15) is 4.79 Å². The van der Waals surface area contributed by atoms with Gasteiger partial charge in [-0.1, -0.05) is 12.1 Å². The zero-order valence-corrected chi connectivity index (χ0v) is 17.1. The number of hydrogen-bond donors (Lipinski definition) is 1. The minimum atomic E-state index is -0.0504. The summed E-state index contributed by atoms with van der Waals surface area (Å²) in [6.45, 7) is 2.29. The van der Waals surface area contributed by atoms with Gasteiger partial charge in [0.25, 0.3) is 0 Å². The van der Waals surface area contributed by atoms with E-state index in [1.165, 1.54) is 16.8 Å². The number of allylic oxidation sites excluding steroid dienone is 2. The summed E-state index contributed by atoms with van der Waals surface area (Å²) in [5, 5.41) is 11.0. The summed E-state index contributed by atoms with van der Waals surface area (Å²) < 4.78 is 0. The number of carbonyl (C=O) groups excluding carboxylic acids is 1. The lowest BCUT2D eigenvalue weighted by Crippen LogP contribution is -2.27. The van der Waals surface area contributed by atoms with Gasteiger partial charge in [0, 0.05) is 55.2 Å². The van der Waals surface area contributed by atoms with E-state index < -0.39 is 0 Å². The van der Waals surface area contributed by atoms with Crippen molar-refractivity contribution in [2.75, 3.05) is 24.5 Å². The molecule has 6 rings (SSSR count). The van der Waals surface area contributed by atoms with Gasteiger partial charge < -0.3 is 5.32 Å². The molecular weight excluding hydrogens is 388 g/mol. The summed E-state index contributed by atoms with van der Waals surface area (Å²) in [6.07, 6.45) is 6.57. The van der Waals surface area contributed by atoms with Crippen molar-refractivity contribution < 1.29 is 4.79 Å². The molecule has 0 bridgehead atoms. The van der Waals surface area contributed by atoms with E-state index in [2.05, 4.69) is 32.4 Å². The zero-order chi connectivity index (χ0) is 20.8. The molecule has 0 saturated carbocycles. The molecule has 2 fully saturated rings. The monoisotopic (exact) mass is 410 g/mol. The van der Waals surface area contributed by atoms with Gasteiger partial charge in [0.15, 0.2) is 0 Å². The van der Waals surface area contributed by atoms with Crippen LogP contribution in [0.15, 0.2) is 65.7 Å². The van der Waals surface area contributed by atoms with Gasteiger partial charge >= 0.3 is 6.03 Å². The minimum absolute atomic E-state index is 0.0504. The van der Waals surface area contributed by atoms with Crippen LogP contribution in [0.2, 0.25) is 0 Å². The van der Waals surface area contributed by atoms with Crippen LogP contribution in [0, 0.1) is 0 Å². The van der Waals surface area contributed by atoms with Crippen LogP contribution in [-0.2, 0) is 0 Å². The molecule has 7 nitrogen and oxygen atoms in total. The number of nitrogens with one attached hydrogen (secondary N) is 1. The van der Waals surface area contributed by atoms with Gasteiger partial charge in [-0.2, -0.15) is 5.10 Å². The third-order valence-corrected chi connectivity index (χ3v) is 6.21. The van der Waals surface area contributed by atoms with Crippen molar-refractivity contribution >= 4 is 33.9 Å². The Balaban J connectivity index is 1.44. The largest absolute Gasteiger partial charge is 0.336 e. The number of hydrogen-bond acceptors (Lipinski definition) is 5. The van der Waals surface area contributed by atoms with E-state index in [0.29, 0.717) is 13.1 Å². The van der Waals surface area contributed by atoms with Crippen LogP contribution in [0.4, 0.5) is 10.5 Å². The molecule has 154 valence electrons. The molecule has 2 amide bonds. The minimum Gasteiger partial charge on any atom is -0.336 e. The fourth-order valence-corrected chi connectivity index (χ4v) is 4.74. The van der Waals surface area contributed by atoms with Crippen LogP contribution < -0.4 is 10.2 Å². The van der Waals surface area contributed by atoms with E-state index in [4.69, 9.17) is 5.10 Å². The van der Waals surface area contributed by atoms with Crippen molar-refractivity contribution in [2.24, 2.45) is 5.10 Å². The highest BCUT2D eigenvalue weighted by molar-refractivity contribution is 6.08. The quantitative estimate of drug-likeness (QED) is 0.713. The first kappa shape index (κ1) is 18.1. The number of rotatable bonds is 3. The van der Waals surface area contributed by atoms with Crippen LogP contribution in [0.5, 0.6) is 0 Å². The highest BCUT2D eigenvalue weighted by atomic mass is 16.2. The maximum atomic E-state index is 12.1. The van der Waals surface area contributed by atoms with Gasteiger partial charge in [-0.3, -0.25) is 19.9 Å². The van der Waals surface area contributed by atoms with Crippen molar-refractivity contribution in [3.05, 3.63) is 71.8 Å². The third kappa shape index (κ3) is 3.04. The maximum absolute atomic E-state index is 12.1. The highest BCUT2D eigenvalue weighted by Crippen LogP contribution is 2.39. The van der Waals surface area contributed by atoms with E-state index in [1.54, 1.807) is 4.90 Å². The predicted molar refractivity (Wildman–Crippen MR) is 121 cm³/mol. The molecule has 0 atom stereocenters. The van der Waals surface area contributed by atoms with Gasteiger partial charge in [0.2, 0.25) is 0 Å². The summed E-state index contributed by atoms with van der Waals surface area (Å²) in [6, 6.07) is 14.1. The second-order valence-electron chi connectivity index (χ2n) is 8.03.